The van der Waals surface area contributed by atoms with Gasteiger partial charge >= 0.3 is 36.0 Å². The van der Waals surface area contributed by atoms with Gasteiger partial charge in [-0.15, -0.1) is 0 Å². The van der Waals surface area contributed by atoms with Crippen molar-refractivity contribution in [2.45, 2.75) is 37.9 Å². The van der Waals surface area contributed by atoms with Gasteiger partial charge in [0.15, 0.2) is 0 Å². The summed E-state index contributed by atoms with van der Waals surface area (Å²) in [4.78, 5) is 21.4. The van der Waals surface area contributed by atoms with Gasteiger partial charge in [0.25, 0.3) is 0 Å². The molecule has 0 atom stereocenters. The zero-order valence-corrected chi connectivity index (χ0v) is 10.8. The van der Waals surface area contributed by atoms with Gasteiger partial charge in [-0.2, -0.15) is 35.1 Å². The summed E-state index contributed by atoms with van der Waals surface area (Å²) >= 11 is 0. The number of esters is 2. The molecule has 0 unspecified atom stereocenters. The first kappa shape index (κ1) is 20.1. The molecule has 0 saturated carbocycles. The molecule has 0 aromatic carbocycles. The van der Waals surface area contributed by atoms with Crippen LogP contribution in [0.25, 0.3) is 0 Å². The number of alkyl halides is 8. The second-order valence-electron chi connectivity index (χ2n) is 3.99. The van der Waals surface area contributed by atoms with Crippen molar-refractivity contribution >= 4 is 11.9 Å². The SMILES string of the molecule is CC(F)(F)C(F)(F)OC(=O)C=CC(=O)OC(F)(F)C(C)(F)F. The van der Waals surface area contributed by atoms with E-state index < -0.39 is 36.0 Å². The zero-order valence-electron chi connectivity index (χ0n) is 10.8. The normalized spacial score (nSPS) is 14.1. The summed E-state index contributed by atoms with van der Waals surface area (Å²) in [6, 6.07) is 0. The van der Waals surface area contributed by atoms with E-state index in [4.69, 9.17) is 0 Å². The van der Waals surface area contributed by atoms with Crippen molar-refractivity contribution in [1.29, 1.82) is 0 Å². The molecule has 0 N–H and O–H groups in total. The van der Waals surface area contributed by atoms with Crippen LogP contribution in [0.1, 0.15) is 13.8 Å². The Morgan fingerprint density at radius 3 is 1.09 bits per heavy atom. The first-order valence-electron chi connectivity index (χ1n) is 5.15. The van der Waals surface area contributed by atoms with Crippen molar-refractivity contribution in [2.75, 3.05) is 0 Å². The highest BCUT2D eigenvalue weighted by Crippen LogP contribution is 2.35. The number of carbonyl (C=O) groups is 2. The van der Waals surface area contributed by atoms with Crippen molar-refractivity contribution in [1.82, 2.24) is 0 Å². The Morgan fingerprint density at radius 1 is 0.682 bits per heavy atom. The minimum absolute atomic E-state index is 0.272. The summed E-state index contributed by atoms with van der Waals surface area (Å²) in [5, 5.41) is 0. The standard InChI is InChI=1S/C10H8F8O4/c1-7(11,12)9(15,16)21-5(19)3-4-6(20)22-10(17,18)8(2,13)14/h3-4H,1-2H3. The van der Waals surface area contributed by atoms with E-state index in [1.807, 2.05) is 0 Å². The van der Waals surface area contributed by atoms with E-state index in [1.165, 1.54) is 0 Å². The Balaban J connectivity index is 4.75. The molecule has 0 aromatic rings. The molecular formula is C10H8F8O4. The molecule has 0 saturated heterocycles. The topological polar surface area (TPSA) is 52.6 Å². The Hall–Kier alpha value is -1.88. The number of carbonyl (C=O) groups excluding carboxylic acids is 2. The molecule has 0 amide bonds. The smallest absolute Gasteiger partial charge is 0.393 e. The molecule has 12 heteroatoms. The van der Waals surface area contributed by atoms with E-state index >= 15 is 0 Å². The summed E-state index contributed by atoms with van der Waals surface area (Å²) in [5.41, 5.74) is 0. The lowest BCUT2D eigenvalue weighted by atomic mass is 10.3. The van der Waals surface area contributed by atoms with Crippen molar-refractivity contribution < 1.29 is 54.2 Å². The van der Waals surface area contributed by atoms with E-state index in [-0.39, 0.29) is 26.0 Å². The van der Waals surface area contributed by atoms with E-state index in [9.17, 15) is 44.7 Å². The quantitative estimate of drug-likeness (QED) is 0.422. The number of hydrogen-bond acceptors (Lipinski definition) is 4. The Bertz CT molecular complexity index is 419. The van der Waals surface area contributed by atoms with Crippen LogP contribution < -0.4 is 0 Å². The van der Waals surface area contributed by atoms with E-state index in [0.717, 1.165) is 0 Å². The van der Waals surface area contributed by atoms with Gasteiger partial charge in [0.1, 0.15) is 0 Å². The van der Waals surface area contributed by atoms with Gasteiger partial charge in [-0.05, 0) is 0 Å². The maximum atomic E-state index is 12.6. The summed E-state index contributed by atoms with van der Waals surface area (Å²) < 4.78 is 105. The predicted octanol–water partition coefficient (Wildman–Crippen LogP) is 3.13. The number of hydrogen-bond donors (Lipinski definition) is 0. The number of rotatable bonds is 6. The third-order valence-electron chi connectivity index (χ3n) is 1.84. The molecule has 0 bridgehead atoms. The fraction of sp³-hybridized carbons (Fsp3) is 0.600. The summed E-state index contributed by atoms with van der Waals surface area (Å²) in [7, 11) is 0. The third-order valence-corrected chi connectivity index (χ3v) is 1.84. The Labute approximate surface area is 117 Å². The summed E-state index contributed by atoms with van der Waals surface area (Å²) in [6.07, 6.45) is -11.0. The van der Waals surface area contributed by atoms with Gasteiger partial charge < -0.3 is 9.47 Å². The average Bonchev–Trinajstić information content (AvgIpc) is 2.21. The van der Waals surface area contributed by atoms with Crippen LogP contribution in [0.4, 0.5) is 35.1 Å². The second kappa shape index (κ2) is 6.08. The fourth-order valence-corrected chi connectivity index (χ4v) is 0.636. The molecule has 22 heavy (non-hydrogen) atoms. The molecule has 128 valence electrons. The highest BCUT2D eigenvalue weighted by molar-refractivity contribution is 5.91. The van der Waals surface area contributed by atoms with Crippen molar-refractivity contribution in [3.05, 3.63) is 12.2 Å². The third kappa shape index (κ3) is 5.48. The number of halogens is 8. The molecule has 0 aliphatic rings. The molecule has 0 rings (SSSR count). The lowest BCUT2D eigenvalue weighted by Gasteiger charge is -2.22. The van der Waals surface area contributed by atoms with Crippen LogP contribution in [0.2, 0.25) is 0 Å². The van der Waals surface area contributed by atoms with Crippen LogP contribution in [-0.2, 0) is 19.1 Å². The van der Waals surface area contributed by atoms with Crippen molar-refractivity contribution in [2.24, 2.45) is 0 Å². The minimum Gasteiger partial charge on any atom is -0.393 e. The van der Waals surface area contributed by atoms with Crippen LogP contribution in [0.5, 0.6) is 0 Å². The molecule has 0 radical (unpaired) electrons. The highest BCUT2D eigenvalue weighted by Gasteiger charge is 2.57. The first-order chi connectivity index (χ1) is 9.49. The van der Waals surface area contributed by atoms with Gasteiger partial charge in [-0.25, -0.2) is 9.59 Å². The number of ether oxygens (including phenoxy) is 2. The average molecular weight is 344 g/mol. The molecule has 0 spiro atoms. The van der Waals surface area contributed by atoms with Gasteiger partial charge in [0, 0.05) is 26.0 Å². The van der Waals surface area contributed by atoms with Gasteiger partial charge in [-0.3, -0.25) is 0 Å². The Kier molecular flexibility index (Phi) is 5.56. The highest BCUT2D eigenvalue weighted by atomic mass is 19.3. The van der Waals surface area contributed by atoms with E-state index in [0.29, 0.717) is 0 Å². The molecule has 0 aliphatic carbocycles. The van der Waals surface area contributed by atoms with Crippen LogP contribution in [0.3, 0.4) is 0 Å². The fourth-order valence-electron chi connectivity index (χ4n) is 0.636. The van der Waals surface area contributed by atoms with Crippen LogP contribution >= 0.6 is 0 Å². The summed E-state index contributed by atoms with van der Waals surface area (Å²) in [6.45, 7) is -0.551. The lowest BCUT2D eigenvalue weighted by molar-refractivity contribution is -0.323. The summed E-state index contributed by atoms with van der Waals surface area (Å²) in [5.74, 6) is -13.9. The predicted molar refractivity (Wildman–Crippen MR) is 52.5 cm³/mol. The van der Waals surface area contributed by atoms with Gasteiger partial charge in [0.05, 0.1) is 0 Å². The second-order valence-corrected chi connectivity index (χ2v) is 3.99. The monoisotopic (exact) mass is 344 g/mol. The van der Waals surface area contributed by atoms with Gasteiger partial charge in [-0.1, -0.05) is 0 Å². The molecular weight excluding hydrogens is 336 g/mol. The molecule has 0 heterocycles. The van der Waals surface area contributed by atoms with Crippen LogP contribution in [0, 0.1) is 0 Å². The Morgan fingerprint density at radius 2 is 0.909 bits per heavy atom. The van der Waals surface area contributed by atoms with Crippen molar-refractivity contribution in [3.8, 4) is 0 Å². The van der Waals surface area contributed by atoms with Crippen molar-refractivity contribution in [3.63, 3.8) is 0 Å². The molecule has 0 fully saturated rings. The lowest BCUT2D eigenvalue weighted by Crippen LogP contribution is -2.42. The zero-order chi connectivity index (χ0) is 18.0. The molecule has 4 nitrogen and oxygen atoms in total. The van der Waals surface area contributed by atoms with E-state index in [2.05, 4.69) is 9.47 Å². The maximum absolute atomic E-state index is 12.6. The van der Waals surface area contributed by atoms with Crippen LogP contribution in [0.15, 0.2) is 12.2 Å². The molecule has 0 aromatic heterocycles. The van der Waals surface area contributed by atoms with Crippen LogP contribution in [-0.4, -0.2) is 36.0 Å². The largest absolute Gasteiger partial charge is 0.466 e. The van der Waals surface area contributed by atoms with Gasteiger partial charge in [0.2, 0.25) is 0 Å². The first-order valence-corrected chi connectivity index (χ1v) is 5.15. The maximum Gasteiger partial charge on any atom is 0.466 e. The van der Waals surface area contributed by atoms with E-state index in [1.54, 1.807) is 0 Å². The molecule has 0 aliphatic heterocycles. The minimum atomic E-state index is -5.24.